The zero-order valence-corrected chi connectivity index (χ0v) is 5.86. The van der Waals surface area contributed by atoms with Crippen molar-refractivity contribution in [1.29, 1.82) is 0 Å². The van der Waals surface area contributed by atoms with Crippen LogP contribution in [0.25, 0.3) is 4.95 Å². The lowest BCUT2D eigenvalue weighted by Gasteiger charge is -1.91. The maximum Gasteiger partial charge on any atom is 0.214 e. The first kappa shape index (κ1) is 7.29. The van der Waals surface area contributed by atoms with Gasteiger partial charge >= 0.3 is 0 Å². The Kier molecular flexibility index (Phi) is 2.24. The van der Waals surface area contributed by atoms with Crippen LogP contribution in [0.2, 0.25) is 0 Å². The van der Waals surface area contributed by atoms with Crippen LogP contribution in [0.15, 0.2) is 35.4 Å². The Morgan fingerprint density at radius 3 is 2.55 bits per heavy atom. The Labute approximate surface area is 65.0 Å². The van der Waals surface area contributed by atoms with Crippen LogP contribution in [-0.2, 0) is 0 Å². The molecule has 2 N–H and O–H groups in total. The van der Waals surface area contributed by atoms with Crippen LogP contribution < -0.4 is 5.73 Å². The second-order valence-corrected chi connectivity index (χ2v) is 1.95. The van der Waals surface area contributed by atoms with Crippen molar-refractivity contribution in [2.24, 2.45) is 10.8 Å². The van der Waals surface area contributed by atoms with Crippen molar-refractivity contribution in [3.8, 4) is 0 Å². The van der Waals surface area contributed by atoms with Gasteiger partial charge in [-0.25, -0.2) is 0 Å². The number of rotatable bonds is 1. The zero-order chi connectivity index (χ0) is 8.10. The van der Waals surface area contributed by atoms with E-state index in [4.69, 9.17) is 12.3 Å². The molecule has 0 unspecified atom stereocenters. The van der Waals surface area contributed by atoms with Crippen LogP contribution in [0, 0.1) is 6.57 Å². The van der Waals surface area contributed by atoms with Gasteiger partial charge in [0.15, 0.2) is 0 Å². The fraction of sp³-hybridized carbons (Fsp3) is 0. The average molecular weight is 145 g/mol. The third-order valence-electron chi connectivity index (χ3n) is 1.23. The molecule has 0 bridgehead atoms. The maximum atomic E-state index is 6.44. The molecule has 1 aromatic rings. The third kappa shape index (κ3) is 1.80. The number of nitrogens with two attached hydrogens (primary N) is 1. The minimum atomic E-state index is 0.264. The summed E-state index contributed by atoms with van der Waals surface area (Å²) in [5.74, 6) is 0.264. The van der Waals surface area contributed by atoms with Crippen LogP contribution in [0.3, 0.4) is 0 Å². The van der Waals surface area contributed by atoms with Crippen LogP contribution in [0.4, 0.5) is 0 Å². The fourth-order valence-electron chi connectivity index (χ4n) is 0.721. The lowest BCUT2D eigenvalue weighted by Crippen LogP contribution is -2.11. The molecule has 0 saturated carbocycles. The number of hydrogen-bond donors (Lipinski definition) is 1. The lowest BCUT2D eigenvalue weighted by molar-refractivity contribution is 1.47. The Morgan fingerprint density at radius 1 is 1.36 bits per heavy atom. The quantitative estimate of drug-likeness (QED) is 0.274. The van der Waals surface area contributed by atoms with Gasteiger partial charge in [0, 0.05) is 5.56 Å². The highest BCUT2D eigenvalue weighted by Gasteiger charge is 1.96. The Morgan fingerprint density at radius 2 is 2.00 bits per heavy atom. The highest BCUT2D eigenvalue weighted by molar-refractivity contribution is 5.97. The SMILES string of the molecule is [C-]#[N+]/N=C(/N)c1ccccc1. The van der Waals surface area contributed by atoms with Crippen molar-refractivity contribution >= 4 is 5.84 Å². The van der Waals surface area contributed by atoms with E-state index in [1.165, 1.54) is 0 Å². The van der Waals surface area contributed by atoms with E-state index >= 15 is 0 Å². The third-order valence-corrected chi connectivity index (χ3v) is 1.23. The zero-order valence-electron chi connectivity index (χ0n) is 5.86. The molecule has 0 heterocycles. The summed E-state index contributed by atoms with van der Waals surface area (Å²) in [6.07, 6.45) is 0. The average Bonchev–Trinajstić information content (AvgIpc) is 2.07. The lowest BCUT2D eigenvalue weighted by atomic mass is 10.2. The van der Waals surface area contributed by atoms with E-state index in [0.29, 0.717) is 0 Å². The molecular weight excluding hydrogens is 138 g/mol. The molecule has 3 heteroatoms. The first-order chi connectivity index (χ1) is 5.34. The molecule has 3 nitrogen and oxygen atoms in total. The van der Waals surface area contributed by atoms with Crippen LogP contribution in [-0.4, -0.2) is 5.84 Å². The molecule has 0 fully saturated rings. The largest absolute Gasteiger partial charge is 0.377 e. The van der Waals surface area contributed by atoms with Gasteiger partial charge in [-0.05, 0) is 0 Å². The van der Waals surface area contributed by atoms with Gasteiger partial charge in [-0.1, -0.05) is 30.3 Å². The molecule has 1 rings (SSSR count). The summed E-state index contributed by atoms with van der Waals surface area (Å²) >= 11 is 0. The van der Waals surface area contributed by atoms with Crippen LogP contribution >= 0.6 is 0 Å². The standard InChI is InChI=1S/C8H7N3/c1-10-11-8(9)7-5-3-2-4-6-7/h2-6H,(H2,9,11). The van der Waals surface area contributed by atoms with Gasteiger partial charge in [0.2, 0.25) is 5.84 Å². The van der Waals surface area contributed by atoms with Crippen molar-refractivity contribution in [3.05, 3.63) is 47.4 Å². The smallest absolute Gasteiger partial charge is 0.214 e. The van der Waals surface area contributed by atoms with Crippen LogP contribution in [0.1, 0.15) is 5.56 Å². The molecule has 0 saturated heterocycles. The molecule has 1 aromatic carbocycles. The van der Waals surface area contributed by atoms with E-state index in [0.717, 1.165) is 5.56 Å². The van der Waals surface area contributed by atoms with Crippen molar-refractivity contribution in [2.45, 2.75) is 0 Å². The van der Waals surface area contributed by atoms with E-state index < -0.39 is 0 Å². The van der Waals surface area contributed by atoms with E-state index in [2.05, 4.69) is 10.1 Å². The van der Waals surface area contributed by atoms with Crippen molar-refractivity contribution in [3.63, 3.8) is 0 Å². The van der Waals surface area contributed by atoms with Gasteiger partial charge < -0.3 is 5.73 Å². The minimum Gasteiger partial charge on any atom is -0.377 e. The Bertz CT molecular complexity index is 295. The topological polar surface area (TPSA) is 42.7 Å². The first-order valence-electron chi connectivity index (χ1n) is 3.10. The van der Waals surface area contributed by atoms with Gasteiger partial charge in [-0.3, -0.25) is 0 Å². The molecule has 0 radical (unpaired) electrons. The molecule has 0 aliphatic heterocycles. The van der Waals surface area contributed by atoms with Gasteiger partial charge in [0.05, 0.1) is 0 Å². The molecule has 0 aliphatic rings. The summed E-state index contributed by atoms with van der Waals surface area (Å²) in [5.41, 5.74) is 6.22. The van der Waals surface area contributed by atoms with E-state index in [-0.39, 0.29) is 5.84 Å². The summed E-state index contributed by atoms with van der Waals surface area (Å²) < 4.78 is 0. The summed E-state index contributed by atoms with van der Waals surface area (Å²) in [4.78, 5) is 2.82. The predicted octanol–water partition coefficient (Wildman–Crippen LogP) is 1.23. The predicted molar refractivity (Wildman–Crippen MR) is 43.8 cm³/mol. The summed E-state index contributed by atoms with van der Waals surface area (Å²) in [6.45, 7) is 6.44. The van der Waals surface area contributed by atoms with E-state index in [9.17, 15) is 0 Å². The molecule has 11 heavy (non-hydrogen) atoms. The molecular formula is C8H7N3. The van der Waals surface area contributed by atoms with Gasteiger partial charge in [-0.15, -0.1) is 4.95 Å². The fourth-order valence-corrected chi connectivity index (χ4v) is 0.721. The highest BCUT2D eigenvalue weighted by Crippen LogP contribution is 1.97. The van der Waals surface area contributed by atoms with E-state index in [1.807, 2.05) is 30.3 Å². The van der Waals surface area contributed by atoms with Gasteiger partial charge in [0.25, 0.3) is 0 Å². The molecule has 54 valence electrons. The Balaban J connectivity index is 2.96. The summed E-state index contributed by atoms with van der Waals surface area (Å²) in [7, 11) is 0. The first-order valence-corrected chi connectivity index (χ1v) is 3.10. The number of nitrogens with zero attached hydrogens (tertiary/aromatic N) is 2. The molecule has 0 aromatic heterocycles. The second-order valence-electron chi connectivity index (χ2n) is 1.95. The highest BCUT2D eigenvalue weighted by atomic mass is 15.2. The van der Waals surface area contributed by atoms with E-state index in [1.54, 1.807) is 0 Å². The van der Waals surface area contributed by atoms with Crippen LogP contribution in [0.5, 0.6) is 0 Å². The number of benzene rings is 1. The Hall–Kier alpha value is -1.82. The van der Waals surface area contributed by atoms with Gasteiger partial charge in [-0.2, -0.15) is 6.57 Å². The summed E-state index contributed by atoms with van der Waals surface area (Å²) in [5, 5.41) is 3.38. The summed E-state index contributed by atoms with van der Waals surface area (Å²) in [6, 6.07) is 9.20. The number of amidine groups is 1. The molecule has 0 amide bonds. The van der Waals surface area contributed by atoms with Gasteiger partial charge in [0.1, 0.15) is 5.10 Å². The molecule has 0 spiro atoms. The van der Waals surface area contributed by atoms with Crippen molar-refractivity contribution < 1.29 is 0 Å². The normalized spacial score (nSPS) is 10.6. The minimum absolute atomic E-state index is 0.264. The monoisotopic (exact) mass is 145 g/mol. The van der Waals surface area contributed by atoms with Crippen molar-refractivity contribution in [1.82, 2.24) is 0 Å². The van der Waals surface area contributed by atoms with Crippen molar-refractivity contribution in [2.75, 3.05) is 0 Å². The molecule has 0 aliphatic carbocycles. The number of hydrogen-bond acceptors (Lipinski definition) is 1. The molecule has 0 atom stereocenters. The maximum absolute atomic E-state index is 6.44. The second kappa shape index (κ2) is 3.37.